The second-order valence-electron chi connectivity index (χ2n) is 7.74. The van der Waals surface area contributed by atoms with Crippen LogP contribution in [0.5, 0.6) is 0 Å². The van der Waals surface area contributed by atoms with E-state index in [-0.39, 0.29) is 6.42 Å². The van der Waals surface area contributed by atoms with E-state index >= 15 is 0 Å². The van der Waals surface area contributed by atoms with Crippen molar-refractivity contribution in [3.8, 4) is 0 Å². The first-order chi connectivity index (χ1) is 12.4. The highest BCUT2D eigenvalue weighted by Crippen LogP contribution is 2.25. The topological polar surface area (TPSA) is 61.8 Å². The minimum atomic E-state index is -0.947. The normalized spacial score (nSPS) is 18.7. The van der Waals surface area contributed by atoms with E-state index in [4.69, 9.17) is 14.2 Å². The van der Waals surface area contributed by atoms with Gasteiger partial charge in [0.05, 0.1) is 13.0 Å². The Labute approximate surface area is 159 Å². The fraction of sp³-hybridized carbons (Fsp3) is 0.905. The summed E-state index contributed by atoms with van der Waals surface area (Å²) < 4.78 is 15.6. The summed E-state index contributed by atoms with van der Waals surface area (Å²) in [6.45, 7) is 5.98. The molecular weight excluding hydrogens is 332 g/mol. The number of carbonyl (C=O) groups is 2. The molecule has 1 fully saturated rings. The molecule has 1 unspecified atom stereocenters. The summed E-state index contributed by atoms with van der Waals surface area (Å²) in [4.78, 5) is 23.3. The van der Waals surface area contributed by atoms with Crippen LogP contribution in [0.3, 0.4) is 0 Å². The molecule has 1 saturated heterocycles. The van der Waals surface area contributed by atoms with Crippen molar-refractivity contribution >= 4 is 11.9 Å². The third-order valence-electron chi connectivity index (χ3n) is 4.65. The Morgan fingerprint density at radius 1 is 0.923 bits per heavy atom. The van der Waals surface area contributed by atoms with Crippen molar-refractivity contribution in [3.63, 3.8) is 0 Å². The van der Waals surface area contributed by atoms with Crippen LogP contribution >= 0.6 is 0 Å². The Kier molecular flexibility index (Phi) is 11.6. The van der Waals surface area contributed by atoms with E-state index in [1.165, 1.54) is 64.2 Å². The summed E-state index contributed by atoms with van der Waals surface area (Å²) in [5, 5.41) is 0. The van der Waals surface area contributed by atoms with Gasteiger partial charge in [-0.1, -0.05) is 77.6 Å². The van der Waals surface area contributed by atoms with Gasteiger partial charge in [0.1, 0.15) is 0 Å². The van der Waals surface area contributed by atoms with Crippen LogP contribution in [0.1, 0.15) is 104 Å². The molecule has 0 aromatic rings. The quantitative estimate of drug-likeness (QED) is 0.289. The van der Waals surface area contributed by atoms with Crippen LogP contribution in [0.4, 0.5) is 0 Å². The standard InChI is InChI=1S/C21H38O5/c1-4-5-6-7-8-9-10-11-12-13-14-15-16-24-19(22)17-18-20(23)26-21(2,3)25-18/h18H,4-17H2,1-3H3. The number of carbonyl (C=O) groups excluding carboxylic acids is 2. The average molecular weight is 371 g/mol. The molecule has 152 valence electrons. The first-order valence-electron chi connectivity index (χ1n) is 10.5. The number of hydrogen-bond donors (Lipinski definition) is 0. The van der Waals surface area contributed by atoms with Crippen molar-refractivity contribution in [2.45, 2.75) is 116 Å². The van der Waals surface area contributed by atoms with E-state index in [2.05, 4.69) is 6.92 Å². The highest BCUT2D eigenvalue weighted by atomic mass is 16.8. The lowest BCUT2D eigenvalue weighted by Gasteiger charge is -2.14. The molecule has 0 spiro atoms. The molecule has 1 atom stereocenters. The molecule has 5 heteroatoms. The Hall–Kier alpha value is -1.10. The Balaban J connectivity index is 1.87. The molecule has 5 nitrogen and oxygen atoms in total. The molecule has 1 rings (SSSR count). The van der Waals surface area contributed by atoms with Gasteiger partial charge in [-0.3, -0.25) is 4.79 Å². The first-order valence-corrected chi connectivity index (χ1v) is 10.5. The van der Waals surface area contributed by atoms with E-state index in [0.717, 1.165) is 12.8 Å². The summed E-state index contributed by atoms with van der Waals surface area (Å²) in [6.07, 6.45) is 14.4. The molecule has 0 radical (unpaired) electrons. The first kappa shape index (κ1) is 22.9. The molecule has 0 aliphatic carbocycles. The van der Waals surface area contributed by atoms with Crippen molar-refractivity contribution in [3.05, 3.63) is 0 Å². The minimum Gasteiger partial charge on any atom is -0.466 e. The predicted molar refractivity (Wildman–Crippen MR) is 102 cm³/mol. The van der Waals surface area contributed by atoms with Crippen LogP contribution in [0.25, 0.3) is 0 Å². The maximum atomic E-state index is 11.7. The molecule has 0 bridgehead atoms. The SMILES string of the molecule is CCCCCCCCCCCCCCOC(=O)CC1OC(C)(C)OC1=O. The highest BCUT2D eigenvalue weighted by molar-refractivity contribution is 5.83. The lowest BCUT2D eigenvalue weighted by atomic mass is 10.1. The second kappa shape index (κ2) is 13.1. The molecule has 1 aliphatic rings. The highest BCUT2D eigenvalue weighted by Gasteiger charge is 2.42. The van der Waals surface area contributed by atoms with Gasteiger partial charge < -0.3 is 14.2 Å². The van der Waals surface area contributed by atoms with Crippen LogP contribution in [0.2, 0.25) is 0 Å². The molecule has 0 N–H and O–H groups in total. The fourth-order valence-corrected chi connectivity index (χ4v) is 3.19. The number of esters is 2. The monoisotopic (exact) mass is 370 g/mol. The Morgan fingerprint density at radius 3 is 1.88 bits per heavy atom. The van der Waals surface area contributed by atoms with Gasteiger partial charge in [0.15, 0.2) is 6.10 Å². The van der Waals surface area contributed by atoms with Crippen molar-refractivity contribution < 1.29 is 23.8 Å². The lowest BCUT2D eigenvalue weighted by Crippen LogP contribution is -2.24. The molecular formula is C21H38O5. The summed E-state index contributed by atoms with van der Waals surface area (Å²) >= 11 is 0. The van der Waals surface area contributed by atoms with E-state index in [1.807, 2.05) is 0 Å². The van der Waals surface area contributed by atoms with Gasteiger partial charge in [0.25, 0.3) is 0 Å². The predicted octanol–water partition coefficient (Wildman–Crippen LogP) is 5.30. The van der Waals surface area contributed by atoms with Gasteiger partial charge in [-0.05, 0) is 6.42 Å². The van der Waals surface area contributed by atoms with Crippen LogP contribution in [0.15, 0.2) is 0 Å². The van der Waals surface area contributed by atoms with Crippen LogP contribution in [0, 0.1) is 0 Å². The van der Waals surface area contributed by atoms with Crippen LogP contribution in [-0.4, -0.2) is 30.4 Å². The molecule has 0 saturated carbocycles. The smallest absolute Gasteiger partial charge is 0.338 e. The summed E-state index contributed by atoms with van der Waals surface area (Å²) in [5.41, 5.74) is 0. The van der Waals surface area contributed by atoms with Crippen molar-refractivity contribution in [2.75, 3.05) is 6.61 Å². The summed E-state index contributed by atoms with van der Waals surface area (Å²) in [5.74, 6) is -1.83. The van der Waals surface area contributed by atoms with E-state index in [0.29, 0.717) is 6.61 Å². The second-order valence-corrected chi connectivity index (χ2v) is 7.74. The summed E-state index contributed by atoms with van der Waals surface area (Å²) in [7, 11) is 0. The number of unbranched alkanes of at least 4 members (excludes halogenated alkanes) is 11. The number of rotatable bonds is 15. The molecule has 0 aromatic carbocycles. The summed E-state index contributed by atoms with van der Waals surface area (Å²) in [6, 6.07) is 0. The van der Waals surface area contributed by atoms with Crippen LogP contribution < -0.4 is 0 Å². The Morgan fingerprint density at radius 2 is 1.42 bits per heavy atom. The average Bonchev–Trinajstić information content (AvgIpc) is 2.83. The third kappa shape index (κ3) is 10.8. The number of hydrogen-bond acceptors (Lipinski definition) is 5. The van der Waals surface area contributed by atoms with Crippen molar-refractivity contribution in [1.82, 2.24) is 0 Å². The number of cyclic esters (lactones) is 1. The maximum absolute atomic E-state index is 11.7. The van der Waals surface area contributed by atoms with E-state index < -0.39 is 23.8 Å². The number of ether oxygens (including phenoxy) is 3. The largest absolute Gasteiger partial charge is 0.466 e. The van der Waals surface area contributed by atoms with Crippen molar-refractivity contribution in [2.24, 2.45) is 0 Å². The zero-order chi connectivity index (χ0) is 19.3. The fourth-order valence-electron chi connectivity index (χ4n) is 3.19. The Bertz CT molecular complexity index is 405. The van der Waals surface area contributed by atoms with Crippen molar-refractivity contribution in [1.29, 1.82) is 0 Å². The molecule has 0 aromatic heterocycles. The van der Waals surface area contributed by atoms with Gasteiger partial charge in [-0.25, -0.2) is 4.79 Å². The third-order valence-corrected chi connectivity index (χ3v) is 4.65. The molecule has 26 heavy (non-hydrogen) atoms. The lowest BCUT2D eigenvalue weighted by molar-refractivity contribution is -0.161. The molecule has 1 aliphatic heterocycles. The minimum absolute atomic E-state index is 0.0689. The molecule has 1 heterocycles. The van der Waals surface area contributed by atoms with Gasteiger partial charge in [-0.15, -0.1) is 0 Å². The zero-order valence-electron chi connectivity index (χ0n) is 17.0. The van der Waals surface area contributed by atoms with Gasteiger partial charge in [0, 0.05) is 13.8 Å². The zero-order valence-corrected chi connectivity index (χ0v) is 17.0. The van der Waals surface area contributed by atoms with E-state index in [9.17, 15) is 9.59 Å². The van der Waals surface area contributed by atoms with Gasteiger partial charge in [-0.2, -0.15) is 0 Å². The van der Waals surface area contributed by atoms with Crippen LogP contribution in [-0.2, 0) is 23.8 Å². The van der Waals surface area contributed by atoms with E-state index in [1.54, 1.807) is 13.8 Å². The maximum Gasteiger partial charge on any atom is 0.338 e. The van der Waals surface area contributed by atoms with Gasteiger partial charge >= 0.3 is 11.9 Å². The van der Waals surface area contributed by atoms with Gasteiger partial charge in [0.2, 0.25) is 5.79 Å². The molecule has 0 amide bonds.